The van der Waals surface area contributed by atoms with Crippen LogP contribution in [0, 0.1) is 35.0 Å². The van der Waals surface area contributed by atoms with Crippen molar-refractivity contribution in [1.29, 1.82) is 10.5 Å². The normalized spacial score (nSPS) is 11.8. The summed E-state index contributed by atoms with van der Waals surface area (Å²) in [5.41, 5.74) is 3.03. The molecule has 0 aliphatic carbocycles. The molecule has 0 bridgehead atoms. The van der Waals surface area contributed by atoms with Gasteiger partial charge >= 0.3 is 51.4 Å². The van der Waals surface area contributed by atoms with E-state index in [1.807, 2.05) is 74.5 Å². The van der Waals surface area contributed by atoms with Gasteiger partial charge in [-0.25, -0.2) is 9.97 Å². The Balaban J connectivity index is 0.000000263. The fraction of sp³-hybridized carbons (Fsp3) is 0.250. The molecule has 52 heavy (non-hydrogen) atoms. The van der Waals surface area contributed by atoms with E-state index >= 15 is 0 Å². The van der Waals surface area contributed by atoms with E-state index < -0.39 is 5.92 Å². The van der Waals surface area contributed by atoms with Crippen molar-refractivity contribution in [3.8, 4) is 6.07 Å². The van der Waals surface area contributed by atoms with Crippen molar-refractivity contribution in [2.75, 3.05) is 0 Å². The number of nitrogens with zero attached hydrogens (tertiary/aromatic N) is 6. The molecule has 2 aromatic heterocycles. The summed E-state index contributed by atoms with van der Waals surface area (Å²) in [5.74, 6) is 1.08. The molecule has 4 aromatic carbocycles. The zero-order valence-corrected chi connectivity index (χ0v) is 35.8. The second-order valence-electron chi connectivity index (χ2n) is 12.5. The van der Waals surface area contributed by atoms with Crippen molar-refractivity contribution in [2.24, 2.45) is 11.8 Å². The van der Waals surface area contributed by atoms with Crippen LogP contribution in [-0.4, -0.2) is 19.1 Å². The van der Waals surface area contributed by atoms with E-state index in [1.54, 1.807) is 45.5 Å². The summed E-state index contributed by atoms with van der Waals surface area (Å²) in [4.78, 5) is 35.5. The molecule has 6 aromatic rings. The van der Waals surface area contributed by atoms with E-state index in [0.29, 0.717) is 56.7 Å². The van der Waals surface area contributed by atoms with E-state index in [0.717, 1.165) is 17.0 Å². The van der Waals surface area contributed by atoms with Gasteiger partial charge in [0.1, 0.15) is 17.6 Å². The van der Waals surface area contributed by atoms with Crippen molar-refractivity contribution >= 4 is 60.9 Å². The maximum absolute atomic E-state index is 13.1. The Labute approximate surface area is 364 Å². The van der Waals surface area contributed by atoms with Gasteiger partial charge < -0.3 is 11.8 Å². The summed E-state index contributed by atoms with van der Waals surface area (Å²) in [7, 11) is 0. The summed E-state index contributed by atoms with van der Waals surface area (Å²) >= 11 is 15.8. The number of alkyl halides is 1. The monoisotopic (exact) mass is 820 g/mol. The summed E-state index contributed by atoms with van der Waals surface area (Å²) in [6.45, 7) is 13.7. The molecule has 2 atom stereocenters. The maximum Gasteiger partial charge on any atom is 1.00 e. The molecular weight excluding hydrogens is 786 g/mol. The van der Waals surface area contributed by atoms with Crippen LogP contribution in [0.15, 0.2) is 107 Å². The first-order valence-electron chi connectivity index (χ1n) is 16.2. The Kier molecular flexibility index (Phi) is 16.9. The van der Waals surface area contributed by atoms with E-state index in [-0.39, 0.29) is 73.2 Å². The van der Waals surface area contributed by atoms with Gasteiger partial charge in [-0.3, -0.25) is 18.7 Å². The first kappa shape index (κ1) is 43.2. The molecule has 12 heteroatoms. The molecular formula is C40H36BrCl2KN6O2. The Morgan fingerprint density at radius 1 is 0.692 bits per heavy atom. The summed E-state index contributed by atoms with van der Waals surface area (Å²) in [6.07, 6.45) is 0. The van der Waals surface area contributed by atoms with Crippen LogP contribution in [0.25, 0.3) is 21.8 Å². The third-order valence-electron chi connectivity index (χ3n) is 8.18. The molecule has 0 radical (unpaired) electrons. The number of aromatic nitrogens is 4. The predicted octanol–water partition coefficient (Wildman–Crippen LogP) is 6.65. The Hall–Kier alpha value is -3.16. The van der Waals surface area contributed by atoms with Crippen molar-refractivity contribution < 1.29 is 51.4 Å². The third-order valence-corrected chi connectivity index (χ3v) is 10.1. The molecule has 0 N–H and O–H groups in total. The molecule has 2 unspecified atom stereocenters. The topological polar surface area (TPSA) is 117 Å². The number of halogens is 3. The number of nitriles is 1. The van der Waals surface area contributed by atoms with E-state index in [4.69, 9.17) is 40.0 Å². The van der Waals surface area contributed by atoms with Crippen LogP contribution in [0.1, 0.15) is 61.2 Å². The van der Waals surface area contributed by atoms with Gasteiger partial charge in [-0.15, -0.1) is 0 Å². The fourth-order valence-corrected chi connectivity index (χ4v) is 6.19. The van der Waals surface area contributed by atoms with Crippen molar-refractivity contribution in [1.82, 2.24) is 19.1 Å². The quantitative estimate of drug-likeness (QED) is 0.0965. The third kappa shape index (κ3) is 10.5. The van der Waals surface area contributed by atoms with Crippen molar-refractivity contribution in [3.05, 3.63) is 157 Å². The minimum absolute atomic E-state index is 0. The van der Waals surface area contributed by atoms with E-state index in [1.165, 1.54) is 0 Å². The molecule has 0 aliphatic heterocycles. The summed E-state index contributed by atoms with van der Waals surface area (Å²) in [6, 6.07) is 32.2. The zero-order chi connectivity index (χ0) is 37.2. The number of hydrogen-bond donors (Lipinski definition) is 0. The number of benzene rings is 4. The minimum Gasteiger partial charge on any atom is -0.512 e. The first-order chi connectivity index (χ1) is 24.5. The van der Waals surface area contributed by atoms with Crippen LogP contribution in [0.2, 0.25) is 10.0 Å². The van der Waals surface area contributed by atoms with Crippen LogP contribution < -0.4 is 62.5 Å². The standard InChI is InChI=1S/C20H18ClN3O.C19H18BrClN2O.CN.K/c1-13(2)17(11-22)19-23-18-10-15(21)8-9-16(18)20(25)24(19)12-14-6-4-3-5-7-14;1-12(2)17(20)18-22-16-10-14(21)8-9-15(16)19(24)23(18)11-13-6-4-3-5-7-13;1-2;/h3-10,13,17H,12H2,1-2H3;3-10,12,17H,11H2,1-2H3;;/q;;-1;+1. The molecule has 0 fully saturated rings. The Morgan fingerprint density at radius 2 is 1.10 bits per heavy atom. The SMILES string of the molecule is CC(C)C(Br)c1nc2cc(Cl)ccc2c(=O)n1Cc1ccccc1.CC(C)C(C#N)c1nc2cc(Cl)ccc2c(=O)n1Cc1ccccc1.[C-]#N.[K+]. The van der Waals surface area contributed by atoms with Gasteiger partial charge in [0.2, 0.25) is 0 Å². The number of fused-ring (bicyclic) bond motifs is 2. The van der Waals surface area contributed by atoms with Crippen LogP contribution in [-0.2, 0) is 13.1 Å². The molecule has 8 nitrogen and oxygen atoms in total. The first-order valence-corrected chi connectivity index (χ1v) is 17.9. The maximum atomic E-state index is 13.1. The van der Waals surface area contributed by atoms with E-state index in [9.17, 15) is 14.9 Å². The van der Waals surface area contributed by atoms with Gasteiger partial charge in [-0.05, 0) is 59.4 Å². The van der Waals surface area contributed by atoms with Gasteiger partial charge in [0.05, 0.1) is 45.8 Å². The second kappa shape index (κ2) is 20.3. The van der Waals surface area contributed by atoms with Gasteiger partial charge in [-0.2, -0.15) is 5.26 Å². The van der Waals surface area contributed by atoms with Crippen LogP contribution in [0.4, 0.5) is 0 Å². The molecule has 0 saturated carbocycles. The number of hydrogen-bond acceptors (Lipinski definition) is 6. The van der Waals surface area contributed by atoms with Gasteiger partial charge in [0.25, 0.3) is 11.1 Å². The van der Waals surface area contributed by atoms with Gasteiger partial charge in [0, 0.05) is 10.0 Å². The average Bonchev–Trinajstić information content (AvgIpc) is 3.12. The van der Waals surface area contributed by atoms with Crippen LogP contribution in [0.5, 0.6) is 0 Å². The number of rotatable bonds is 8. The summed E-state index contributed by atoms with van der Waals surface area (Å²) < 4.78 is 3.37. The van der Waals surface area contributed by atoms with E-state index in [2.05, 4.69) is 40.8 Å². The van der Waals surface area contributed by atoms with Crippen molar-refractivity contribution in [3.63, 3.8) is 0 Å². The molecule has 0 saturated heterocycles. The Bertz CT molecular complexity index is 2310. The molecule has 0 spiro atoms. The molecule has 2 heterocycles. The minimum atomic E-state index is -0.472. The Morgan fingerprint density at radius 3 is 1.48 bits per heavy atom. The zero-order valence-electron chi connectivity index (χ0n) is 29.6. The predicted molar refractivity (Wildman–Crippen MR) is 208 cm³/mol. The van der Waals surface area contributed by atoms with Gasteiger partial charge in [0.15, 0.2) is 0 Å². The molecule has 260 valence electrons. The van der Waals surface area contributed by atoms with Crippen molar-refractivity contribution in [2.45, 2.75) is 51.5 Å². The van der Waals surface area contributed by atoms with Crippen LogP contribution in [0.3, 0.4) is 0 Å². The largest absolute Gasteiger partial charge is 1.00 e. The molecule has 0 aliphatic rings. The average molecular weight is 823 g/mol. The molecule has 6 rings (SSSR count). The smallest absolute Gasteiger partial charge is 0.512 e. The summed E-state index contributed by atoms with van der Waals surface area (Å²) in [5, 5.41) is 18.1. The molecule has 0 amide bonds. The fourth-order valence-electron chi connectivity index (χ4n) is 5.51. The van der Waals surface area contributed by atoms with Gasteiger partial charge in [-0.1, -0.05) is 127 Å². The van der Waals surface area contributed by atoms with Crippen LogP contribution >= 0.6 is 39.1 Å². The second-order valence-corrected chi connectivity index (χ2v) is 14.4.